The maximum absolute atomic E-state index is 12.1. The Hall–Kier alpha value is -1.89. The summed E-state index contributed by atoms with van der Waals surface area (Å²) in [5.41, 5.74) is 2.86. The number of anilines is 1. The van der Waals surface area contributed by atoms with Gasteiger partial charge >= 0.3 is 0 Å². The Morgan fingerprint density at radius 2 is 1.83 bits per heavy atom. The summed E-state index contributed by atoms with van der Waals surface area (Å²) in [5.74, 6) is -0.287. The van der Waals surface area contributed by atoms with Crippen LogP contribution in [-0.2, 0) is 19.4 Å². The van der Waals surface area contributed by atoms with Crippen molar-refractivity contribution in [3.8, 4) is 0 Å². The molecule has 0 saturated carbocycles. The molecule has 1 N–H and O–H groups in total. The van der Waals surface area contributed by atoms with Crippen molar-refractivity contribution in [3.05, 3.63) is 29.3 Å². The van der Waals surface area contributed by atoms with E-state index < -0.39 is 9.84 Å². The Kier molecular flexibility index (Phi) is 5.64. The largest absolute Gasteiger partial charge is 0.338 e. The van der Waals surface area contributed by atoms with Gasteiger partial charge in [0.1, 0.15) is 0 Å². The Morgan fingerprint density at radius 1 is 1.21 bits per heavy atom. The summed E-state index contributed by atoms with van der Waals surface area (Å²) >= 11 is 0. The molecule has 1 atom stereocenters. The fraction of sp³-hybridized carbons (Fsp3) is 0.529. The minimum absolute atomic E-state index is 0.00866. The number of carbonyl (C=O) groups excluding carboxylic acids is 2. The summed E-state index contributed by atoms with van der Waals surface area (Å²) in [4.78, 5) is 25.4. The molecule has 1 unspecified atom stereocenters. The monoisotopic (exact) mass is 352 g/mol. The second-order valence-electron chi connectivity index (χ2n) is 6.44. The van der Waals surface area contributed by atoms with Gasteiger partial charge in [-0.2, -0.15) is 0 Å². The van der Waals surface area contributed by atoms with Crippen LogP contribution in [-0.4, -0.2) is 49.2 Å². The minimum atomic E-state index is -3.07. The predicted molar refractivity (Wildman–Crippen MR) is 93.6 cm³/mol. The quantitative estimate of drug-likeness (QED) is 0.874. The van der Waals surface area contributed by atoms with Gasteiger partial charge in [0.05, 0.1) is 11.5 Å². The topological polar surface area (TPSA) is 83.6 Å². The maximum atomic E-state index is 12.1. The molecule has 0 bridgehead atoms. The second kappa shape index (κ2) is 7.34. The Balaban J connectivity index is 1.94. The van der Waals surface area contributed by atoms with Crippen LogP contribution < -0.4 is 5.32 Å². The van der Waals surface area contributed by atoms with E-state index in [0.717, 1.165) is 16.8 Å². The van der Waals surface area contributed by atoms with Gasteiger partial charge in [0.15, 0.2) is 9.84 Å². The van der Waals surface area contributed by atoms with Crippen LogP contribution in [0.3, 0.4) is 0 Å². The van der Waals surface area contributed by atoms with Crippen molar-refractivity contribution >= 4 is 27.3 Å². The predicted octanol–water partition coefficient (Wildman–Crippen LogP) is 1.67. The zero-order chi connectivity index (χ0) is 17.9. The standard InChI is InChI=1S/C17H24N2O4S/c1-12-8-13(2)10-15(9-12)18-17(21)4-6-19(14(3)20)16-5-7-24(22,23)11-16/h8-10,16H,4-7,11H2,1-3H3,(H,18,21). The molecular weight excluding hydrogens is 328 g/mol. The SMILES string of the molecule is CC(=O)N(CCC(=O)Nc1cc(C)cc(C)c1)C1CCS(=O)(=O)C1. The zero-order valence-electron chi connectivity index (χ0n) is 14.3. The Labute approximate surface area is 143 Å². The lowest BCUT2D eigenvalue weighted by Gasteiger charge is -2.26. The summed E-state index contributed by atoms with van der Waals surface area (Å²) in [6.07, 6.45) is 0.587. The number of aryl methyl sites for hydroxylation is 2. The first-order valence-electron chi connectivity index (χ1n) is 8.02. The third-order valence-electron chi connectivity index (χ3n) is 4.14. The molecule has 7 heteroatoms. The lowest BCUT2D eigenvalue weighted by Crippen LogP contribution is -2.41. The number of rotatable bonds is 5. The van der Waals surface area contributed by atoms with E-state index in [4.69, 9.17) is 0 Å². The van der Waals surface area contributed by atoms with E-state index in [2.05, 4.69) is 5.32 Å². The van der Waals surface area contributed by atoms with Crippen LogP contribution in [0, 0.1) is 13.8 Å². The van der Waals surface area contributed by atoms with Crippen molar-refractivity contribution in [3.63, 3.8) is 0 Å². The molecule has 1 aliphatic heterocycles. The van der Waals surface area contributed by atoms with Gasteiger partial charge in [-0.25, -0.2) is 8.42 Å². The van der Waals surface area contributed by atoms with Crippen LogP contribution in [0.5, 0.6) is 0 Å². The molecule has 2 amide bonds. The van der Waals surface area contributed by atoms with E-state index in [-0.39, 0.29) is 42.3 Å². The first-order chi connectivity index (χ1) is 11.2. The molecule has 0 aromatic heterocycles. The van der Waals surface area contributed by atoms with E-state index in [9.17, 15) is 18.0 Å². The van der Waals surface area contributed by atoms with Crippen molar-refractivity contribution < 1.29 is 18.0 Å². The van der Waals surface area contributed by atoms with Gasteiger partial charge in [-0.15, -0.1) is 0 Å². The third-order valence-corrected chi connectivity index (χ3v) is 5.89. The number of carbonyl (C=O) groups is 2. The molecule has 1 heterocycles. The highest BCUT2D eigenvalue weighted by Crippen LogP contribution is 2.19. The Morgan fingerprint density at radius 3 is 2.33 bits per heavy atom. The number of amides is 2. The third kappa shape index (κ3) is 5.06. The maximum Gasteiger partial charge on any atom is 0.226 e. The second-order valence-corrected chi connectivity index (χ2v) is 8.67. The van der Waals surface area contributed by atoms with E-state index in [1.54, 1.807) is 0 Å². The van der Waals surface area contributed by atoms with Gasteiger partial charge in [-0.3, -0.25) is 9.59 Å². The average Bonchev–Trinajstić information content (AvgIpc) is 2.77. The van der Waals surface area contributed by atoms with Crippen molar-refractivity contribution in [2.24, 2.45) is 0 Å². The fourth-order valence-corrected chi connectivity index (χ4v) is 4.84. The van der Waals surface area contributed by atoms with Crippen LogP contribution >= 0.6 is 0 Å². The van der Waals surface area contributed by atoms with E-state index in [1.807, 2.05) is 32.0 Å². The average molecular weight is 352 g/mol. The summed E-state index contributed by atoms with van der Waals surface area (Å²) in [6.45, 7) is 5.56. The fourth-order valence-electron chi connectivity index (χ4n) is 3.11. The van der Waals surface area contributed by atoms with Crippen molar-refractivity contribution in [2.75, 3.05) is 23.4 Å². The van der Waals surface area contributed by atoms with Crippen LogP contribution in [0.25, 0.3) is 0 Å². The highest BCUT2D eigenvalue weighted by molar-refractivity contribution is 7.91. The number of nitrogens with one attached hydrogen (secondary N) is 1. The summed E-state index contributed by atoms with van der Waals surface area (Å²) in [6, 6.07) is 5.48. The smallest absolute Gasteiger partial charge is 0.226 e. The van der Waals surface area contributed by atoms with Crippen molar-refractivity contribution in [1.82, 2.24) is 4.90 Å². The lowest BCUT2D eigenvalue weighted by molar-refractivity contribution is -0.131. The van der Waals surface area contributed by atoms with Gasteiger partial charge in [0, 0.05) is 31.6 Å². The van der Waals surface area contributed by atoms with Crippen LogP contribution in [0.15, 0.2) is 18.2 Å². The lowest BCUT2D eigenvalue weighted by atomic mass is 10.1. The molecule has 24 heavy (non-hydrogen) atoms. The molecule has 6 nitrogen and oxygen atoms in total. The van der Waals surface area contributed by atoms with Gasteiger partial charge < -0.3 is 10.2 Å². The summed E-state index contributed by atoms with van der Waals surface area (Å²) < 4.78 is 23.2. The highest BCUT2D eigenvalue weighted by atomic mass is 32.2. The van der Waals surface area contributed by atoms with Crippen LogP contribution in [0.4, 0.5) is 5.69 Å². The van der Waals surface area contributed by atoms with Crippen LogP contribution in [0.2, 0.25) is 0 Å². The van der Waals surface area contributed by atoms with E-state index in [1.165, 1.54) is 11.8 Å². The number of benzene rings is 1. The number of nitrogens with zero attached hydrogens (tertiary/aromatic N) is 1. The molecule has 0 radical (unpaired) electrons. The molecule has 0 aliphatic carbocycles. The van der Waals surface area contributed by atoms with Crippen LogP contribution in [0.1, 0.15) is 30.9 Å². The molecule has 0 spiro atoms. The molecule has 1 saturated heterocycles. The van der Waals surface area contributed by atoms with Gasteiger partial charge in [0.2, 0.25) is 11.8 Å². The first-order valence-corrected chi connectivity index (χ1v) is 9.84. The number of sulfone groups is 1. The Bertz CT molecular complexity index is 723. The molecule has 2 rings (SSSR count). The van der Waals surface area contributed by atoms with Gasteiger partial charge in [0.25, 0.3) is 0 Å². The zero-order valence-corrected chi connectivity index (χ0v) is 15.1. The molecule has 1 aromatic rings. The van der Waals surface area contributed by atoms with Crippen molar-refractivity contribution in [2.45, 2.75) is 39.7 Å². The molecular formula is C17H24N2O4S. The van der Waals surface area contributed by atoms with Gasteiger partial charge in [-0.1, -0.05) is 6.07 Å². The number of hydrogen-bond donors (Lipinski definition) is 1. The minimum Gasteiger partial charge on any atom is -0.338 e. The number of hydrogen-bond acceptors (Lipinski definition) is 4. The van der Waals surface area contributed by atoms with Crippen molar-refractivity contribution in [1.29, 1.82) is 0 Å². The molecule has 1 aliphatic rings. The summed E-state index contributed by atoms with van der Waals surface area (Å²) in [5, 5.41) is 2.83. The molecule has 1 aromatic carbocycles. The molecule has 1 fully saturated rings. The van der Waals surface area contributed by atoms with E-state index in [0.29, 0.717) is 6.42 Å². The first kappa shape index (κ1) is 18.4. The molecule has 132 valence electrons. The van der Waals surface area contributed by atoms with Gasteiger partial charge in [-0.05, 0) is 43.5 Å². The summed E-state index contributed by atoms with van der Waals surface area (Å²) in [7, 11) is -3.07. The highest BCUT2D eigenvalue weighted by Gasteiger charge is 2.33. The normalized spacial score (nSPS) is 19.0. The van der Waals surface area contributed by atoms with E-state index >= 15 is 0 Å².